The van der Waals surface area contributed by atoms with Gasteiger partial charge in [-0.2, -0.15) is 18.3 Å². The smallest absolute Gasteiger partial charge is 0.436 e. The Labute approximate surface area is 229 Å². The van der Waals surface area contributed by atoms with Crippen molar-refractivity contribution in [2.24, 2.45) is 0 Å². The normalized spacial score (nSPS) is 13.7. The highest BCUT2D eigenvalue weighted by Gasteiger charge is 2.44. The van der Waals surface area contributed by atoms with Gasteiger partial charge in [-0.05, 0) is 35.7 Å². The van der Waals surface area contributed by atoms with Gasteiger partial charge in [0.15, 0.2) is 5.69 Å². The first-order chi connectivity index (χ1) is 19.1. The molecule has 12 heteroatoms. The molecule has 4 rings (SSSR count). The Bertz CT molecular complexity index is 1340. The SMILES string of the molecule is COCCOCc1cccc(CN2CCn3nc(C(F)(F)F)c(C(=O)N[C@@H](C)c4ccc(C(=O)OC)cc4)c32)c1. The number of anilines is 1. The minimum atomic E-state index is -4.82. The van der Waals surface area contributed by atoms with E-state index in [1.807, 2.05) is 24.3 Å². The lowest BCUT2D eigenvalue weighted by molar-refractivity contribution is -0.141. The average Bonchev–Trinajstić information content (AvgIpc) is 3.51. The van der Waals surface area contributed by atoms with Gasteiger partial charge in [0.2, 0.25) is 0 Å². The summed E-state index contributed by atoms with van der Waals surface area (Å²) < 4.78 is 58.5. The fraction of sp³-hybridized carbons (Fsp3) is 0.393. The number of aromatic nitrogens is 2. The molecule has 1 N–H and O–H groups in total. The second-order valence-corrected chi connectivity index (χ2v) is 9.36. The highest BCUT2D eigenvalue weighted by molar-refractivity contribution is 6.01. The molecule has 214 valence electrons. The third-order valence-corrected chi connectivity index (χ3v) is 6.55. The Morgan fingerprint density at radius 1 is 1.05 bits per heavy atom. The summed E-state index contributed by atoms with van der Waals surface area (Å²) in [5.41, 5.74) is 0.976. The molecule has 1 amide bonds. The van der Waals surface area contributed by atoms with Gasteiger partial charge in [-0.15, -0.1) is 0 Å². The molecule has 3 aromatic rings. The van der Waals surface area contributed by atoms with Gasteiger partial charge in [-0.1, -0.05) is 36.4 Å². The van der Waals surface area contributed by atoms with Crippen LogP contribution >= 0.6 is 0 Å². The van der Waals surface area contributed by atoms with Gasteiger partial charge < -0.3 is 24.4 Å². The summed E-state index contributed by atoms with van der Waals surface area (Å²) in [4.78, 5) is 26.8. The minimum Gasteiger partial charge on any atom is -0.465 e. The predicted octanol–water partition coefficient (Wildman–Crippen LogP) is 4.36. The maximum absolute atomic E-state index is 14.0. The quantitative estimate of drug-likeness (QED) is 0.275. The number of halogens is 3. The van der Waals surface area contributed by atoms with E-state index in [1.165, 1.54) is 23.9 Å². The van der Waals surface area contributed by atoms with Crippen LogP contribution in [0.25, 0.3) is 0 Å². The Balaban J connectivity index is 1.56. The Morgan fingerprint density at radius 3 is 2.45 bits per heavy atom. The molecule has 2 heterocycles. The lowest BCUT2D eigenvalue weighted by Gasteiger charge is -2.21. The number of carbonyl (C=O) groups excluding carboxylic acids is 2. The number of ether oxygens (including phenoxy) is 3. The van der Waals surface area contributed by atoms with E-state index >= 15 is 0 Å². The molecule has 0 saturated heterocycles. The first-order valence-corrected chi connectivity index (χ1v) is 12.7. The second kappa shape index (κ2) is 12.5. The number of hydrogen-bond acceptors (Lipinski definition) is 7. The molecule has 0 bridgehead atoms. The van der Waals surface area contributed by atoms with Crippen LogP contribution in [0.1, 0.15) is 56.1 Å². The number of rotatable bonds is 11. The summed E-state index contributed by atoms with van der Waals surface area (Å²) in [6.07, 6.45) is -4.82. The maximum Gasteiger partial charge on any atom is 0.436 e. The maximum atomic E-state index is 14.0. The van der Waals surface area contributed by atoms with E-state index in [-0.39, 0.29) is 12.4 Å². The van der Waals surface area contributed by atoms with Gasteiger partial charge >= 0.3 is 12.1 Å². The highest BCUT2D eigenvalue weighted by atomic mass is 19.4. The Morgan fingerprint density at radius 2 is 1.77 bits per heavy atom. The van der Waals surface area contributed by atoms with Gasteiger partial charge in [0, 0.05) is 20.2 Å². The number of esters is 1. The zero-order valence-electron chi connectivity index (χ0n) is 22.5. The molecule has 0 saturated carbocycles. The molecule has 40 heavy (non-hydrogen) atoms. The third-order valence-electron chi connectivity index (χ3n) is 6.55. The number of alkyl halides is 3. The first-order valence-electron chi connectivity index (χ1n) is 12.7. The lowest BCUT2D eigenvalue weighted by Crippen LogP contribution is -2.31. The Kier molecular flexibility index (Phi) is 9.10. The number of nitrogens with zero attached hydrogens (tertiary/aromatic N) is 3. The standard InChI is InChI=1S/C28H31F3N4O5/c1-18(21-7-9-22(10-8-21)27(37)39-3)32-25(36)23-24(28(29,30)31)33-35-12-11-34(26(23)35)16-19-5-4-6-20(15-19)17-40-14-13-38-2/h4-10,15,18H,11-14,16-17H2,1-3H3,(H,32,36)/t18-/m0/s1. The molecule has 1 atom stereocenters. The summed E-state index contributed by atoms with van der Waals surface area (Å²) in [6.45, 7) is 3.86. The largest absolute Gasteiger partial charge is 0.465 e. The van der Waals surface area contributed by atoms with E-state index in [2.05, 4.69) is 15.2 Å². The molecule has 0 fully saturated rings. The fourth-order valence-corrected chi connectivity index (χ4v) is 4.56. The summed E-state index contributed by atoms with van der Waals surface area (Å²) in [5.74, 6) is -1.28. The second-order valence-electron chi connectivity index (χ2n) is 9.36. The topological polar surface area (TPSA) is 94.9 Å². The van der Waals surface area contributed by atoms with Crippen molar-refractivity contribution in [1.82, 2.24) is 15.1 Å². The zero-order valence-corrected chi connectivity index (χ0v) is 22.5. The lowest BCUT2D eigenvalue weighted by atomic mass is 10.1. The molecule has 0 radical (unpaired) electrons. The molecule has 2 aromatic carbocycles. The first kappa shape index (κ1) is 29.1. The van der Waals surface area contributed by atoms with Crippen molar-refractivity contribution in [3.8, 4) is 0 Å². The van der Waals surface area contributed by atoms with Gasteiger partial charge in [-0.3, -0.25) is 4.79 Å². The van der Waals surface area contributed by atoms with Gasteiger partial charge in [0.1, 0.15) is 11.4 Å². The molecule has 1 aliphatic rings. The number of methoxy groups -OCH3 is 2. The fourth-order valence-electron chi connectivity index (χ4n) is 4.56. The van der Waals surface area contributed by atoms with Crippen LogP contribution in [0.15, 0.2) is 48.5 Å². The highest BCUT2D eigenvalue weighted by Crippen LogP contribution is 2.38. The van der Waals surface area contributed by atoms with Crippen molar-refractivity contribution in [2.75, 3.05) is 38.9 Å². The van der Waals surface area contributed by atoms with Crippen molar-refractivity contribution in [2.45, 2.75) is 38.8 Å². The number of carbonyl (C=O) groups is 2. The van der Waals surface area contributed by atoms with Crippen molar-refractivity contribution in [3.63, 3.8) is 0 Å². The molecule has 0 spiro atoms. The third kappa shape index (κ3) is 6.62. The number of fused-ring (bicyclic) bond motifs is 1. The number of benzene rings is 2. The van der Waals surface area contributed by atoms with E-state index in [0.717, 1.165) is 11.1 Å². The minimum absolute atomic E-state index is 0.125. The molecular formula is C28H31F3N4O5. The van der Waals surface area contributed by atoms with Crippen LogP contribution in [0.2, 0.25) is 0 Å². The number of nitrogens with one attached hydrogen (secondary N) is 1. The predicted molar refractivity (Wildman–Crippen MR) is 140 cm³/mol. The van der Waals surface area contributed by atoms with Gasteiger partial charge in [0.25, 0.3) is 5.91 Å². The van der Waals surface area contributed by atoms with Crippen LogP contribution in [0, 0.1) is 0 Å². The van der Waals surface area contributed by atoms with E-state index in [4.69, 9.17) is 9.47 Å². The van der Waals surface area contributed by atoms with Crippen LogP contribution < -0.4 is 10.2 Å². The van der Waals surface area contributed by atoms with Crippen LogP contribution in [0.5, 0.6) is 0 Å². The van der Waals surface area contributed by atoms with Gasteiger partial charge in [0.05, 0.1) is 45.1 Å². The summed E-state index contributed by atoms with van der Waals surface area (Å²) in [5, 5.41) is 6.45. The van der Waals surface area contributed by atoms with Crippen molar-refractivity contribution < 1.29 is 37.0 Å². The van der Waals surface area contributed by atoms with Crippen LogP contribution in [0.3, 0.4) is 0 Å². The monoisotopic (exact) mass is 560 g/mol. The van der Waals surface area contributed by atoms with Crippen molar-refractivity contribution in [1.29, 1.82) is 0 Å². The van der Waals surface area contributed by atoms with E-state index < -0.39 is 35.4 Å². The molecule has 0 unspecified atom stereocenters. The van der Waals surface area contributed by atoms with E-state index in [1.54, 1.807) is 31.1 Å². The van der Waals surface area contributed by atoms with E-state index in [0.29, 0.717) is 44.0 Å². The summed E-state index contributed by atoms with van der Waals surface area (Å²) in [6, 6.07) is 13.2. The van der Waals surface area contributed by atoms with Crippen LogP contribution in [-0.4, -0.2) is 55.6 Å². The number of amides is 1. The van der Waals surface area contributed by atoms with Gasteiger partial charge in [-0.25, -0.2) is 9.48 Å². The molecular weight excluding hydrogens is 529 g/mol. The summed E-state index contributed by atoms with van der Waals surface area (Å²) >= 11 is 0. The summed E-state index contributed by atoms with van der Waals surface area (Å²) in [7, 11) is 2.86. The molecule has 1 aliphatic heterocycles. The average molecular weight is 561 g/mol. The Hall–Kier alpha value is -3.90. The van der Waals surface area contributed by atoms with Crippen molar-refractivity contribution >= 4 is 17.7 Å². The van der Waals surface area contributed by atoms with E-state index in [9.17, 15) is 22.8 Å². The molecule has 0 aliphatic carbocycles. The van der Waals surface area contributed by atoms with Crippen LogP contribution in [0.4, 0.5) is 19.0 Å². The van der Waals surface area contributed by atoms with Crippen molar-refractivity contribution in [3.05, 3.63) is 82.0 Å². The zero-order chi connectivity index (χ0) is 28.9. The molecule has 1 aromatic heterocycles. The molecule has 9 nitrogen and oxygen atoms in total. The van der Waals surface area contributed by atoms with Crippen LogP contribution in [-0.2, 0) is 40.1 Å². The number of hydrogen-bond donors (Lipinski definition) is 1.